The highest BCUT2D eigenvalue weighted by Crippen LogP contribution is 2.38. The number of carbonyl (C=O) groups excluding carboxylic acids is 2. The molecule has 1 aliphatic rings. The molecule has 0 saturated carbocycles. The van der Waals surface area contributed by atoms with E-state index in [1.165, 1.54) is 6.07 Å². The minimum atomic E-state index is -0.645. The fourth-order valence-corrected chi connectivity index (χ4v) is 3.58. The topological polar surface area (TPSA) is 58.6 Å². The van der Waals surface area contributed by atoms with Crippen molar-refractivity contribution in [2.75, 3.05) is 23.4 Å². The second-order valence-corrected chi connectivity index (χ2v) is 9.42. The highest BCUT2D eigenvalue weighted by Gasteiger charge is 2.37. The van der Waals surface area contributed by atoms with Crippen LogP contribution in [-0.2, 0) is 4.79 Å². The summed E-state index contributed by atoms with van der Waals surface area (Å²) < 4.78 is 5.94. The van der Waals surface area contributed by atoms with Crippen LogP contribution in [0.5, 0.6) is 5.75 Å². The minimum absolute atomic E-state index is 0.00302. The molecule has 2 amide bonds. The molecular formula is C23H26Cl2N2O3. The molecule has 1 aliphatic heterocycles. The van der Waals surface area contributed by atoms with Gasteiger partial charge in [0.25, 0.3) is 5.91 Å². The van der Waals surface area contributed by atoms with Gasteiger partial charge >= 0.3 is 0 Å². The van der Waals surface area contributed by atoms with Gasteiger partial charge in [0.05, 0.1) is 21.7 Å². The van der Waals surface area contributed by atoms with Crippen molar-refractivity contribution >= 4 is 46.4 Å². The van der Waals surface area contributed by atoms with Crippen LogP contribution in [0.25, 0.3) is 0 Å². The van der Waals surface area contributed by atoms with Gasteiger partial charge in [0, 0.05) is 17.3 Å². The third kappa shape index (κ3) is 4.90. The van der Waals surface area contributed by atoms with Crippen molar-refractivity contribution in [1.82, 2.24) is 0 Å². The van der Waals surface area contributed by atoms with Crippen LogP contribution in [0, 0.1) is 11.3 Å². The molecule has 1 N–H and O–H groups in total. The van der Waals surface area contributed by atoms with Gasteiger partial charge in [-0.3, -0.25) is 9.59 Å². The molecule has 5 nitrogen and oxygen atoms in total. The number of fused-ring (bicyclic) bond motifs is 1. The summed E-state index contributed by atoms with van der Waals surface area (Å²) in [5.74, 6) is 0.693. The van der Waals surface area contributed by atoms with Crippen LogP contribution in [0.4, 0.5) is 11.4 Å². The van der Waals surface area contributed by atoms with Crippen molar-refractivity contribution < 1.29 is 14.3 Å². The molecule has 3 rings (SSSR count). The molecule has 0 bridgehead atoms. The summed E-state index contributed by atoms with van der Waals surface area (Å²) >= 11 is 12.1. The quantitative estimate of drug-likeness (QED) is 0.605. The number of nitrogens with zero attached hydrogens (tertiary/aromatic N) is 1. The van der Waals surface area contributed by atoms with E-state index < -0.39 is 5.41 Å². The van der Waals surface area contributed by atoms with Gasteiger partial charge in [-0.15, -0.1) is 0 Å². The zero-order valence-corrected chi connectivity index (χ0v) is 19.1. The fraction of sp³-hybridized carbons (Fsp3) is 0.391. The van der Waals surface area contributed by atoms with E-state index in [0.717, 1.165) is 6.42 Å². The zero-order chi connectivity index (χ0) is 22.1. The Morgan fingerprint density at radius 3 is 2.63 bits per heavy atom. The van der Waals surface area contributed by atoms with Crippen LogP contribution in [-0.4, -0.2) is 25.0 Å². The van der Waals surface area contributed by atoms with Crippen molar-refractivity contribution in [3.05, 3.63) is 52.0 Å². The summed E-state index contributed by atoms with van der Waals surface area (Å²) in [6, 6.07) is 10.0. The van der Waals surface area contributed by atoms with E-state index in [1.807, 2.05) is 13.8 Å². The Kier molecular flexibility index (Phi) is 6.63. The first-order valence-electron chi connectivity index (χ1n) is 9.94. The third-order valence-corrected chi connectivity index (χ3v) is 5.59. The van der Waals surface area contributed by atoms with Gasteiger partial charge in [-0.2, -0.15) is 0 Å². The molecule has 0 radical (unpaired) electrons. The Balaban J connectivity index is 1.93. The molecule has 0 aliphatic carbocycles. The molecule has 30 heavy (non-hydrogen) atoms. The number of anilines is 2. The zero-order valence-electron chi connectivity index (χ0n) is 17.6. The van der Waals surface area contributed by atoms with Crippen LogP contribution in [0.1, 0.15) is 44.5 Å². The molecule has 2 aromatic rings. The van der Waals surface area contributed by atoms with Crippen LogP contribution in [0.2, 0.25) is 10.0 Å². The van der Waals surface area contributed by atoms with Crippen molar-refractivity contribution in [1.29, 1.82) is 0 Å². The predicted molar refractivity (Wildman–Crippen MR) is 122 cm³/mol. The van der Waals surface area contributed by atoms with Gasteiger partial charge in [-0.25, -0.2) is 0 Å². The number of benzene rings is 2. The first-order valence-corrected chi connectivity index (χ1v) is 10.7. The number of hydrogen-bond donors (Lipinski definition) is 1. The van der Waals surface area contributed by atoms with Crippen molar-refractivity contribution in [3.63, 3.8) is 0 Å². The average molecular weight is 449 g/mol. The molecule has 7 heteroatoms. The van der Waals surface area contributed by atoms with Crippen molar-refractivity contribution in [2.24, 2.45) is 11.3 Å². The summed E-state index contributed by atoms with van der Waals surface area (Å²) in [6.45, 7) is 8.88. The molecule has 0 saturated heterocycles. The molecule has 0 unspecified atom stereocenters. The van der Waals surface area contributed by atoms with E-state index in [1.54, 1.807) is 35.2 Å². The van der Waals surface area contributed by atoms with Gasteiger partial charge in [0.1, 0.15) is 12.4 Å². The maximum Gasteiger partial charge on any atom is 0.257 e. The largest absolute Gasteiger partial charge is 0.490 e. The second kappa shape index (κ2) is 8.86. The van der Waals surface area contributed by atoms with Crippen molar-refractivity contribution in [2.45, 2.75) is 34.1 Å². The number of rotatable bonds is 5. The summed E-state index contributed by atoms with van der Waals surface area (Å²) in [7, 11) is 0. The van der Waals surface area contributed by atoms with Crippen LogP contribution in [0.15, 0.2) is 36.4 Å². The molecule has 2 aromatic carbocycles. The van der Waals surface area contributed by atoms with Gasteiger partial charge in [-0.05, 0) is 62.6 Å². The maximum atomic E-state index is 13.2. The Bertz CT molecular complexity index is 973. The van der Waals surface area contributed by atoms with Gasteiger partial charge in [-0.1, -0.05) is 37.0 Å². The van der Waals surface area contributed by atoms with Crippen LogP contribution in [0.3, 0.4) is 0 Å². The molecule has 0 fully saturated rings. The fourth-order valence-electron chi connectivity index (χ4n) is 3.20. The number of halogens is 2. The van der Waals surface area contributed by atoms with Crippen molar-refractivity contribution in [3.8, 4) is 5.75 Å². The smallest absolute Gasteiger partial charge is 0.257 e. The summed E-state index contributed by atoms with van der Waals surface area (Å²) in [5, 5.41) is 3.58. The lowest BCUT2D eigenvalue weighted by atomic mass is 9.92. The third-order valence-electron chi connectivity index (χ3n) is 5.02. The van der Waals surface area contributed by atoms with Crippen LogP contribution < -0.4 is 15.0 Å². The highest BCUT2D eigenvalue weighted by atomic mass is 35.5. The van der Waals surface area contributed by atoms with E-state index in [9.17, 15) is 9.59 Å². The van der Waals surface area contributed by atoms with E-state index in [-0.39, 0.29) is 17.4 Å². The average Bonchev–Trinajstić information content (AvgIpc) is 2.77. The summed E-state index contributed by atoms with van der Waals surface area (Å²) in [5.41, 5.74) is 0.833. The first kappa shape index (κ1) is 22.4. The normalized spacial score (nSPS) is 15.4. The predicted octanol–water partition coefficient (Wildman–Crippen LogP) is 6.04. The number of amides is 2. The molecule has 0 spiro atoms. The molecule has 160 valence electrons. The Morgan fingerprint density at radius 1 is 1.20 bits per heavy atom. The van der Waals surface area contributed by atoms with E-state index in [2.05, 4.69) is 19.2 Å². The maximum absolute atomic E-state index is 13.2. The Morgan fingerprint density at radius 2 is 1.93 bits per heavy atom. The van der Waals surface area contributed by atoms with E-state index in [4.69, 9.17) is 27.9 Å². The highest BCUT2D eigenvalue weighted by molar-refractivity contribution is 6.36. The lowest BCUT2D eigenvalue weighted by Gasteiger charge is -2.28. The monoisotopic (exact) mass is 448 g/mol. The van der Waals surface area contributed by atoms with Gasteiger partial charge < -0.3 is 15.0 Å². The first-order chi connectivity index (χ1) is 14.1. The summed E-state index contributed by atoms with van der Waals surface area (Å²) in [6.07, 6.45) is 0.857. The standard InChI is InChI=1S/C23H26Cl2N2O3/c1-14(2)9-10-27-19-12-16(6-8-20(19)30-13-23(3,4)22(27)29)26-21(28)17-11-15(24)5-7-18(17)25/h5-8,11-12,14H,9-10,13H2,1-4H3,(H,26,28). The van der Waals surface area contributed by atoms with Gasteiger partial charge in [0.2, 0.25) is 5.91 Å². The van der Waals surface area contributed by atoms with Gasteiger partial charge in [0.15, 0.2) is 0 Å². The number of carbonyl (C=O) groups is 2. The van der Waals surface area contributed by atoms with E-state index >= 15 is 0 Å². The Labute approximate surface area is 187 Å². The molecule has 0 aromatic heterocycles. The van der Waals surface area contributed by atoms with E-state index in [0.29, 0.717) is 46.2 Å². The molecule has 1 heterocycles. The molecular weight excluding hydrogens is 423 g/mol. The number of nitrogens with one attached hydrogen (secondary N) is 1. The Hall–Kier alpha value is -2.24. The van der Waals surface area contributed by atoms with Crippen LogP contribution >= 0.6 is 23.2 Å². The summed E-state index contributed by atoms with van der Waals surface area (Å²) in [4.78, 5) is 27.7. The lowest BCUT2D eigenvalue weighted by Crippen LogP contribution is -2.42. The number of hydrogen-bond acceptors (Lipinski definition) is 3. The SMILES string of the molecule is CC(C)CCN1C(=O)C(C)(C)COc2ccc(NC(=O)c3cc(Cl)ccc3Cl)cc21. The molecule has 0 atom stereocenters. The second-order valence-electron chi connectivity index (χ2n) is 8.57. The minimum Gasteiger partial charge on any atom is -0.490 e. The number of ether oxygens (including phenoxy) is 1. The lowest BCUT2D eigenvalue weighted by molar-refractivity contribution is -0.127.